The lowest BCUT2D eigenvalue weighted by molar-refractivity contribution is -0.129. The third-order valence-corrected chi connectivity index (χ3v) is 6.20. The molecule has 8 nitrogen and oxygen atoms in total. The van der Waals surface area contributed by atoms with E-state index in [-0.39, 0.29) is 23.7 Å². The van der Waals surface area contributed by atoms with Crippen molar-refractivity contribution in [2.24, 2.45) is 0 Å². The van der Waals surface area contributed by atoms with E-state index in [9.17, 15) is 19.2 Å². The zero-order valence-electron chi connectivity index (χ0n) is 17.0. The van der Waals surface area contributed by atoms with E-state index in [0.29, 0.717) is 41.0 Å². The van der Waals surface area contributed by atoms with Gasteiger partial charge < -0.3 is 19.4 Å². The number of hydrogen-bond donors (Lipinski definition) is 1. The van der Waals surface area contributed by atoms with E-state index in [1.165, 1.54) is 18.3 Å². The molecule has 3 heterocycles. The third-order valence-electron chi connectivity index (χ3n) is 5.07. The molecule has 0 saturated heterocycles. The molecule has 31 heavy (non-hydrogen) atoms. The van der Waals surface area contributed by atoms with Gasteiger partial charge in [-0.15, -0.1) is 11.3 Å². The molecule has 2 amide bonds. The summed E-state index contributed by atoms with van der Waals surface area (Å²) >= 11 is 1.22. The Kier molecular flexibility index (Phi) is 5.60. The molecule has 0 spiro atoms. The first-order chi connectivity index (χ1) is 14.9. The highest BCUT2D eigenvalue weighted by Gasteiger charge is 2.30. The normalized spacial score (nSPS) is 13.0. The van der Waals surface area contributed by atoms with Gasteiger partial charge in [0.05, 0.1) is 24.1 Å². The van der Waals surface area contributed by atoms with E-state index in [1.807, 2.05) is 0 Å². The summed E-state index contributed by atoms with van der Waals surface area (Å²) in [5.41, 5.74) is 1.03. The first kappa shape index (κ1) is 20.8. The molecule has 0 bridgehead atoms. The molecule has 1 aliphatic heterocycles. The van der Waals surface area contributed by atoms with Gasteiger partial charge in [-0.25, -0.2) is 4.79 Å². The molecule has 0 unspecified atom stereocenters. The number of benzene rings is 1. The minimum Gasteiger partial charge on any atom is -0.462 e. The van der Waals surface area contributed by atoms with Crippen LogP contribution < -0.4 is 10.7 Å². The summed E-state index contributed by atoms with van der Waals surface area (Å²) in [5.74, 6) is -1.39. The molecule has 2 aromatic heterocycles. The van der Waals surface area contributed by atoms with Crippen molar-refractivity contribution < 1.29 is 23.5 Å². The Morgan fingerprint density at radius 2 is 2.03 bits per heavy atom. The molecule has 0 radical (unpaired) electrons. The smallest absolute Gasteiger partial charge is 0.341 e. The van der Waals surface area contributed by atoms with Gasteiger partial charge in [-0.05, 0) is 31.0 Å². The van der Waals surface area contributed by atoms with E-state index >= 15 is 0 Å². The molecule has 1 aromatic carbocycles. The van der Waals surface area contributed by atoms with Crippen molar-refractivity contribution in [1.29, 1.82) is 0 Å². The number of rotatable bonds is 4. The summed E-state index contributed by atoms with van der Waals surface area (Å²) in [4.78, 5) is 52.1. The predicted octanol–water partition coefficient (Wildman–Crippen LogP) is 3.19. The van der Waals surface area contributed by atoms with Gasteiger partial charge in [0.2, 0.25) is 5.91 Å². The van der Waals surface area contributed by atoms with Crippen molar-refractivity contribution >= 4 is 45.1 Å². The maximum absolute atomic E-state index is 12.9. The summed E-state index contributed by atoms with van der Waals surface area (Å²) in [6, 6.07) is 7.78. The zero-order chi connectivity index (χ0) is 22.1. The van der Waals surface area contributed by atoms with E-state index in [1.54, 1.807) is 36.1 Å². The molecule has 3 aromatic rings. The van der Waals surface area contributed by atoms with Crippen molar-refractivity contribution in [2.45, 2.75) is 26.8 Å². The number of fused-ring (bicyclic) bond motifs is 2. The fourth-order valence-corrected chi connectivity index (χ4v) is 4.81. The van der Waals surface area contributed by atoms with Crippen LogP contribution in [0.3, 0.4) is 0 Å². The Labute approximate surface area is 181 Å². The standard InChI is InChI=1S/C22H20N2O6S/c1-3-29-22(28)19-14-8-9-24(12(2)25)11-18(14)31-21(19)23-20(27)17-10-15(26)13-6-4-5-7-16(13)30-17/h4-7,10H,3,8-9,11H2,1-2H3,(H,23,27). The van der Waals surface area contributed by atoms with Gasteiger partial charge in [0.25, 0.3) is 5.91 Å². The van der Waals surface area contributed by atoms with Crippen LogP contribution in [0.2, 0.25) is 0 Å². The first-order valence-corrected chi connectivity index (χ1v) is 10.6. The summed E-state index contributed by atoms with van der Waals surface area (Å²) in [6.45, 7) is 4.24. The molecule has 0 fully saturated rings. The van der Waals surface area contributed by atoms with Crippen LogP contribution in [-0.4, -0.2) is 35.8 Å². The van der Waals surface area contributed by atoms with Crippen molar-refractivity contribution in [3.05, 3.63) is 62.3 Å². The van der Waals surface area contributed by atoms with Gasteiger partial charge in [0.1, 0.15) is 10.6 Å². The van der Waals surface area contributed by atoms with Crippen molar-refractivity contribution in [3.63, 3.8) is 0 Å². The Bertz CT molecular complexity index is 1260. The number of carbonyl (C=O) groups is 3. The average Bonchev–Trinajstić information content (AvgIpc) is 3.10. The number of nitrogens with one attached hydrogen (secondary N) is 1. The Morgan fingerprint density at radius 3 is 2.77 bits per heavy atom. The van der Waals surface area contributed by atoms with E-state index in [4.69, 9.17) is 9.15 Å². The largest absolute Gasteiger partial charge is 0.462 e. The third kappa shape index (κ3) is 3.96. The number of nitrogens with zero attached hydrogens (tertiary/aromatic N) is 1. The van der Waals surface area contributed by atoms with E-state index in [2.05, 4.69) is 5.32 Å². The number of amides is 2. The lowest BCUT2D eigenvalue weighted by Crippen LogP contribution is -2.34. The van der Waals surface area contributed by atoms with Crippen LogP contribution in [0.1, 0.15) is 45.2 Å². The highest BCUT2D eigenvalue weighted by Crippen LogP contribution is 2.38. The average molecular weight is 440 g/mol. The number of ether oxygens (including phenoxy) is 1. The number of anilines is 1. The fourth-order valence-electron chi connectivity index (χ4n) is 3.56. The maximum atomic E-state index is 12.9. The number of hydrogen-bond acceptors (Lipinski definition) is 7. The molecule has 4 rings (SSSR count). The van der Waals surface area contributed by atoms with Crippen molar-refractivity contribution in [3.8, 4) is 0 Å². The Hall–Kier alpha value is -3.46. The Morgan fingerprint density at radius 1 is 1.26 bits per heavy atom. The van der Waals surface area contributed by atoms with Crippen molar-refractivity contribution in [1.82, 2.24) is 4.90 Å². The predicted molar refractivity (Wildman–Crippen MR) is 116 cm³/mol. The van der Waals surface area contributed by atoms with E-state index in [0.717, 1.165) is 16.5 Å². The SMILES string of the molecule is CCOC(=O)c1c(NC(=O)c2cc(=O)c3ccccc3o2)sc2c1CCN(C(C)=O)C2. The summed E-state index contributed by atoms with van der Waals surface area (Å²) in [7, 11) is 0. The van der Waals surface area contributed by atoms with Crippen molar-refractivity contribution in [2.75, 3.05) is 18.5 Å². The van der Waals surface area contributed by atoms with Gasteiger partial charge in [0, 0.05) is 24.4 Å². The number of esters is 1. The molecule has 160 valence electrons. The lowest BCUT2D eigenvalue weighted by atomic mass is 10.0. The molecule has 9 heteroatoms. The summed E-state index contributed by atoms with van der Waals surface area (Å²) < 4.78 is 10.8. The highest BCUT2D eigenvalue weighted by molar-refractivity contribution is 7.17. The first-order valence-electron chi connectivity index (χ1n) is 9.80. The van der Waals surface area contributed by atoms with Crippen LogP contribution in [-0.2, 0) is 22.5 Å². The van der Waals surface area contributed by atoms with Gasteiger partial charge in [-0.2, -0.15) is 0 Å². The Balaban J connectivity index is 1.71. The van der Waals surface area contributed by atoms with Crippen LogP contribution in [0.5, 0.6) is 0 Å². The van der Waals surface area contributed by atoms with E-state index < -0.39 is 11.9 Å². The molecule has 1 N–H and O–H groups in total. The zero-order valence-corrected chi connectivity index (χ0v) is 17.8. The monoisotopic (exact) mass is 440 g/mol. The maximum Gasteiger partial charge on any atom is 0.341 e. The number of thiophene rings is 1. The van der Waals surface area contributed by atoms with Gasteiger partial charge in [-0.3, -0.25) is 14.4 Å². The minimum atomic E-state index is -0.643. The quantitative estimate of drug-likeness (QED) is 0.625. The fraction of sp³-hybridized carbons (Fsp3) is 0.273. The van der Waals surface area contributed by atoms with Gasteiger partial charge in [-0.1, -0.05) is 12.1 Å². The summed E-state index contributed by atoms with van der Waals surface area (Å²) in [5, 5.41) is 3.39. The topological polar surface area (TPSA) is 106 Å². The van der Waals surface area contributed by atoms with Crippen LogP contribution in [0.4, 0.5) is 5.00 Å². The van der Waals surface area contributed by atoms with Gasteiger partial charge in [0.15, 0.2) is 11.2 Å². The van der Waals surface area contributed by atoms with Crippen LogP contribution in [0.15, 0.2) is 39.5 Å². The second-order valence-corrected chi connectivity index (χ2v) is 8.15. The minimum absolute atomic E-state index is 0.0553. The molecular weight excluding hydrogens is 420 g/mol. The number of para-hydroxylation sites is 1. The molecule has 0 atom stereocenters. The second-order valence-electron chi connectivity index (χ2n) is 7.04. The highest BCUT2D eigenvalue weighted by atomic mass is 32.1. The molecular formula is C22H20N2O6S. The van der Waals surface area contributed by atoms with Crippen LogP contribution in [0, 0.1) is 0 Å². The summed E-state index contributed by atoms with van der Waals surface area (Å²) in [6.07, 6.45) is 0.487. The molecule has 1 aliphatic rings. The van der Waals surface area contributed by atoms with Crippen LogP contribution in [0.25, 0.3) is 11.0 Å². The van der Waals surface area contributed by atoms with Gasteiger partial charge >= 0.3 is 5.97 Å². The molecule has 0 saturated carbocycles. The number of carbonyl (C=O) groups excluding carboxylic acids is 3. The van der Waals surface area contributed by atoms with Crippen LogP contribution >= 0.6 is 11.3 Å². The lowest BCUT2D eigenvalue weighted by Gasteiger charge is -2.25. The second kappa shape index (κ2) is 8.35. The molecule has 0 aliphatic carbocycles.